The van der Waals surface area contributed by atoms with Crippen LogP contribution in [0.1, 0.15) is 41.8 Å². The van der Waals surface area contributed by atoms with E-state index >= 15 is 0 Å². The molecule has 1 atom stereocenters. The van der Waals surface area contributed by atoms with Crippen molar-refractivity contribution < 1.29 is 9.90 Å². The Morgan fingerprint density at radius 3 is 2.57 bits per heavy atom. The van der Waals surface area contributed by atoms with Gasteiger partial charge in [-0.15, -0.1) is 5.10 Å². The maximum absolute atomic E-state index is 9.39. The van der Waals surface area contributed by atoms with Crippen molar-refractivity contribution in [3.05, 3.63) is 58.8 Å². The lowest BCUT2D eigenvalue weighted by Crippen LogP contribution is -2.57. The monoisotopic (exact) mass is 472 g/mol. The molecule has 0 radical (unpaired) electrons. The predicted molar refractivity (Wildman–Crippen MR) is 138 cm³/mol. The second-order valence-electron chi connectivity index (χ2n) is 9.81. The SMILES string of the molecule is Cc1c(C#N)cccc1C(C)Nc1nnc(C)c2ccc(N3CC4(CCN(C)C4)C3)cc12.O=CO. The molecule has 1 aromatic heterocycles. The number of nitrogens with one attached hydrogen (secondary N) is 1. The van der Waals surface area contributed by atoms with Crippen molar-refractivity contribution in [3.63, 3.8) is 0 Å². The second kappa shape index (κ2) is 9.88. The van der Waals surface area contributed by atoms with Gasteiger partial charge >= 0.3 is 0 Å². The summed E-state index contributed by atoms with van der Waals surface area (Å²) in [4.78, 5) is 13.3. The summed E-state index contributed by atoms with van der Waals surface area (Å²) in [5.74, 6) is 0.789. The van der Waals surface area contributed by atoms with E-state index < -0.39 is 0 Å². The molecular weight excluding hydrogens is 440 g/mol. The Kier molecular flexibility index (Phi) is 6.90. The molecule has 5 rings (SSSR count). The first kappa shape index (κ1) is 24.4. The minimum absolute atomic E-state index is 0.00784. The minimum atomic E-state index is -0.250. The average molecular weight is 473 g/mol. The normalized spacial score (nSPS) is 17.3. The predicted octanol–water partition coefficient (Wildman–Crippen LogP) is 4.13. The topological polar surface area (TPSA) is 105 Å². The first-order chi connectivity index (χ1) is 16.8. The lowest BCUT2D eigenvalue weighted by atomic mass is 9.78. The number of rotatable bonds is 4. The third-order valence-electron chi connectivity index (χ3n) is 7.31. The fourth-order valence-corrected chi connectivity index (χ4v) is 5.47. The number of carbonyl (C=O) groups is 1. The van der Waals surface area contributed by atoms with E-state index in [0.717, 1.165) is 46.5 Å². The Labute approximate surface area is 206 Å². The second-order valence-corrected chi connectivity index (χ2v) is 9.81. The van der Waals surface area contributed by atoms with Gasteiger partial charge in [0, 0.05) is 41.5 Å². The Bertz CT molecular complexity index is 1280. The molecule has 0 aliphatic carbocycles. The van der Waals surface area contributed by atoms with E-state index in [4.69, 9.17) is 9.90 Å². The van der Waals surface area contributed by atoms with Gasteiger partial charge in [0.2, 0.25) is 0 Å². The van der Waals surface area contributed by atoms with Crippen molar-refractivity contribution in [2.75, 3.05) is 43.4 Å². The molecular formula is C27H32N6O2. The minimum Gasteiger partial charge on any atom is -0.483 e. The molecule has 2 aliphatic rings. The highest BCUT2D eigenvalue weighted by molar-refractivity contribution is 5.95. The van der Waals surface area contributed by atoms with Crippen molar-refractivity contribution in [1.82, 2.24) is 15.1 Å². The number of carboxylic acid groups (broad SMARTS) is 1. The van der Waals surface area contributed by atoms with Crippen LogP contribution in [0.4, 0.5) is 11.5 Å². The average Bonchev–Trinajstić information content (AvgIpc) is 3.22. The number of aromatic nitrogens is 2. The summed E-state index contributed by atoms with van der Waals surface area (Å²) in [6, 6.07) is 14.8. The molecule has 2 aliphatic heterocycles. The number of nitriles is 1. The van der Waals surface area contributed by atoms with Gasteiger partial charge in [0.25, 0.3) is 6.47 Å². The molecule has 0 bridgehead atoms. The van der Waals surface area contributed by atoms with Gasteiger partial charge in [0.05, 0.1) is 23.4 Å². The molecule has 35 heavy (non-hydrogen) atoms. The standard InChI is InChI=1S/C26H30N6.CH2O2/c1-17-20(13-27)6-5-7-22(17)18(2)28-25-24-12-21(8-9-23(24)19(3)29-30-25)32-15-26(16-32)10-11-31(4)14-26;2-1-3/h5-9,12,18H,10-11,14-16H2,1-4H3,(H,28,30);1H,(H,2,3). The lowest BCUT2D eigenvalue weighted by molar-refractivity contribution is -0.122. The first-order valence-corrected chi connectivity index (χ1v) is 11.9. The Balaban J connectivity index is 0.000000917. The highest BCUT2D eigenvalue weighted by atomic mass is 16.3. The molecule has 0 saturated carbocycles. The van der Waals surface area contributed by atoms with E-state index in [0.29, 0.717) is 11.0 Å². The Hall–Kier alpha value is -3.70. The third-order valence-corrected chi connectivity index (χ3v) is 7.31. The van der Waals surface area contributed by atoms with Gasteiger partial charge in [-0.3, -0.25) is 4.79 Å². The van der Waals surface area contributed by atoms with Crippen molar-refractivity contribution in [3.8, 4) is 6.07 Å². The molecule has 2 aromatic carbocycles. The molecule has 1 unspecified atom stereocenters. The fraction of sp³-hybridized carbons (Fsp3) is 0.407. The quantitative estimate of drug-likeness (QED) is 0.546. The molecule has 0 amide bonds. The summed E-state index contributed by atoms with van der Waals surface area (Å²) in [5.41, 5.74) is 5.48. The van der Waals surface area contributed by atoms with Crippen LogP contribution in [0.15, 0.2) is 36.4 Å². The maximum Gasteiger partial charge on any atom is 0.290 e. The number of likely N-dealkylation sites (tertiary alicyclic amines) is 1. The zero-order valence-electron chi connectivity index (χ0n) is 20.7. The van der Waals surface area contributed by atoms with Crippen LogP contribution >= 0.6 is 0 Å². The summed E-state index contributed by atoms with van der Waals surface area (Å²) in [5, 5.41) is 31.0. The van der Waals surface area contributed by atoms with Gasteiger partial charge in [-0.05, 0) is 70.1 Å². The van der Waals surface area contributed by atoms with Crippen molar-refractivity contribution in [2.24, 2.45) is 5.41 Å². The fourth-order valence-electron chi connectivity index (χ4n) is 5.47. The van der Waals surface area contributed by atoms with Gasteiger partial charge in [-0.2, -0.15) is 10.4 Å². The molecule has 2 saturated heterocycles. The smallest absolute Gasteiger partial charge is 0.290 e. The molecule has 3 aromatic rings. The molecule has 2 N–H and O–H groups in total. The number of benzene rings is 2. The number of aryl methyl sites for hydroxylation is 1. The van der Waals surface area contributed by atoms with E-state index in [1.54, 1.807) is 0 Å². The first-order valence-electron chi connectivity index (χ1n) is 11.9. The molecule has 8 heteroatoms. The molecule has 1 spiro atoms. The van der Waals surface area contributed by atoms with Crippen LogP contribution in [0.2, 0.25) is 0 Å². The Morgan fingerprint density at radius 1 is 1.17 bits per heavy atom. The van der Waals surface area contributed by atoms with E-state index in [2.05, 4.69) is 69.6 Å². The van der Waals surface area contributed by atoms with Crippen LogP contribution in [0, 0.1) is 30.6 Å². The number of anilines is 2. The maximum atomic E-state index is 9.39. The van der Waals surface area contributed by atoms with Crippen LogP contribution in [0.5, 0.6) is 0 Å². The Morgan fingerprint density at radius 2 is 1.91 bits per heavy atom. The zero-order chi connectivity index (χ0) is 25.2. The molecule has 182 valence electrons. The highest BCUT2D eigenvalue weighted by Crippen LogP contribution is 2.42. The summed E-state index contributed by atoms with van der Waals surface area (Å²) < 4.78 is 0. The molecule has 8 nitrogen and oxygen atoms in total. The van der Waals surface area contributed by atoms with Crippen molar-refractivity contribution >= 4 is 28.7 Å². The lowest BCUT2D eigenvalue weighted by Gasteiger charge is -2.49. The van der Waals surface area contributed by atoms with E-state index in [-0.39, 0.29) is 12.5 Å². The van der Waals surface area contributed by atoms with E-state index in [1.807, 2.05) is 26.0 Å². The summed E-state index contributed by atoms with van der Waals surface area (Å²) >= 11 is 0. The molecule has 3 heterocycles. The largest absolute Gasteiger partial charge is 0.483 e. The van der Waals surface area contributed by atoms with E-state index in [9.17, 15) is 5.26 Å². The summed E-state index contributed by atoms with van der Waals surface area (Å²) in [6.45, 7) is 10.5. The highest BCUT2D eigenvalue weighted by Gasteiger charge is 2.46. The van der Waals surface area contributed by atoms with Gasteiger partial charge in [-0.25, -0.2) is 0 Å². The van der Waals surface area contributed by atoms with Crippen LogP contribution in [0.25, 0.3) is 10.8 Å². The van der Waals surface area contributed by atoms with Gasteiger partial charge in [-0.1, -0.05) is 18.2 Å². The number of hydrogen-bond acceptors (Lipinski definition) is 7. The zero-order valence-corrected chi connectivity index (χ0v) is 20.7. The summed E-state index contributed by atoms with van der Waals surface area (Å²) in [7, 11) is 2.22. The van der Waals surface area contributed by atoms with E-state index in [1.165, 1.54) is 25.2 Å². The third kappa shape index (κ3) is 4.77. The van der Waals surface area contributed by atoms with Gasteiger partial charge in [0.15, 0.2) is 5.82 Å². The van der Waals surface area contributed by atoms with Gasteiger partial charge < -0.3 is 20.2 Å². The number of fused-ring (bicyclic) bond motifs is 1. The van der Waals surface area contributed by atoms with Crippen LogP contribution in [-0.4, -0.2) is 59.9 Å². The number of nitrogens with zero attached hydrogens (tertiary/aromatic N) is 5. The van der Waals surface area contributed by atoms with Crippen molar-refractivity contribution in [2.45, 2.75) is 33.2 Å². The van der Waals surface area contributed by atoms with Crippen LogP contribution < -0.4 is 10.2 Å². The van der Waals surface area contributed by atoms with Crippen LogP contribution in [0.3, 0.4) is 0 Å². The number of hydrogen-bond donors (Lipinski definition) is 2. The van der Waals surface area contributed by atoms with Gasteiger partial charge in [0.1, 0.15) is 0 Å². The van der Waals surface area contributed by atoms with Crippen molar-refractivity contribution in [1.29, 1.82) is 5.26 Å². The summed E-state index contributed by atoms with van der Waals surface area (Å²) in [6.07, 6.45) is 1.30. The van der Waals surface area contributed by atoms with Crippen LogP contribution in [-0.2, 0) is 4.79 Å². The molecule has 2 fully saturated rings.